The second-order valence-corrected chi connectivity index (χ2v) is 7.16. The summed E-state index contributed by atoms with van der Waals surface area (Å²) in [7, 11) is 0. The Kier molecular flexibility index (Phi) is 5.11. The standard InChI is InChI=1S/C23H17ClF3NO/c24-19-9-5-4-8-16(19)13-28-20-11-10-17(23(25,26)27)12-18(20)22(21(28)14-29)15-6-2-1-3-7-15/h1-12,29H,13-14H2. The molecule has 2 nitrogen and oxygen atoms in total. The van der Waals surface area contributed by atoms with Gasteiger partial charge < -0.3 is 9.67 Å². The van der Waals surface area contributed by atoms with Crippen molar-refractivity contribution in [2.75, 3.05) is 0 Å². The lowest BCUT2D eigenvalue weighted by Gasteiger charge is -2.12. The molecule has 0 unspecified atom stereocenters. The topological polar surface area (TPSA) is 25.2 Å². The number of halogens is 4. The number of hydrogen-bond acceptors (Lipinski definition) is 1. The van der Waals surface area contributed by atoms with E-state index in [1.54, 1.807) is 6.07 Å². The summed E-state index contributed by atoms with van der Waals surface area (Å²) in [5.74, 6) is 0. The number of hydrogen-bond donors (Lipinski definition) is 1. The van der Waals surface area contributed by atoms with Gasteiger partial charge in [0, 0.05) is 28.0 Å². The molecule has 0 aliphatic heterocycles. The lowest BCUT2D eigenvalue weighted by molar-refractivity contribution is -0.137. The fourth-order valence-corrected chi connectivity index (χ4v) is 3.85. The molecule has 0 amide bonds. The molecule has 0 atom stereocenters. The average molecular weight is 416 g/mol. The van der Waals surface area contributed by atoms with Crippen LogP contribution in [0.4, 0.5) is 13.2 Å². The molecular weight excluding hydrogens is 399 g/mol. The fraction of sp³-hybridized carbons (Fsp3) is 0.130. The Morgan fingerprint density at radius 1 is 0.897 bits per heavy atom. The van der Waals surface area contributed by atoms with E-state index < -0.39 is 11.7 Å². The van der Waals surface area contributed by atoms with Gasteiger partial charge in [-0.2, -0.15) is 13.2 Å². The summed E-state index contributed by atoms with van der Waals surface area (Å²) >= 11 is 6.31. The maximum Gasteiger partial charge on any atom is 0.416 e. The molecule has 1 aromatic heterocycles. The van der Waals surface area contributed by atoms with Gasteiger partial charge in [-0.15, -0.1) is 0 Å². The number of alkyl halides is 3. The number of aliphatic hydroxyl groups is 1. The molecule has 3 aromatic carbocycles. The molecule has 0 bridgehead atoms. The second kappa shape index (κ2) is 7.58. The number of rotatable bonds is 4. The van der Waals surface area contributed by atoms with Crippen LogP contribution in [-0.4, -0.2) is 9.67 Å². The highest BCUT2D eigenvalue weighted by atomic mass is 35.5. The molecule has 0 saturated carbocycles. The van der Waals surface area contributed by atoms with Crippen LogP contribution in [-0.2, 0) is 19.3 Å². The van der Waals surface area contributed by atoms with Crippen LogP contribution in [0.5, 0.6) is 0 Å². The van der Waals surface area contributed by atoms with Crippen molar-refractivity contribution in [1.82, 2.24) is 4.57 Å². The molecule has 1 N–H and O–H groups in total. The van der Waals surface area contributed by atoms with Gasteiger partial charge in [0.05, 0.1) is 17.9 Å². The van der Waals surface area contributed by atoms with Crippen molar-refractivity contribution in [3.63, 3.8) is 0 Å². The van der Waals surface area contributed by atoms with Crippen LogP contribution in [0.15, 0.2) is 72.8 Å². The van der Waals surface area contributed by atoms with Crippen LogP contribution >= 0.6 is 11.6 Å². The third-order valence-electron chi connectivity index (χ3n) is 5.00. The first kappa shape index (κ1) is 19.6. The quantitative estimate of drug-likeness (QED) is 0.403. The predicted octanol–water partition coefficient (Wildman–Crippen LogP) is 6.52. The SMILES string of the molecule is OCc1c(-c2ccccc2)c2cc(C(F)(F)F)ccc2n1Cc1ccccc1Cl. The summed E-state index contributed by atoms with van der Waals surface area (Å²) in [5.41, 5.74) is 2.60. The van der Waals surface area contributed by atoms with E-state index >= 15 is 0 Å². The molecule has 6 heteroatoms. The summed E-state index contributed by atoms with van der Waals surface area (Å²) in [6.07, 6.45) is -4.45. The van der Waals surface area contributed by atoms with Crippen LogP contribution in [0.2, 0.25) is 5.02 Å². The van der Waals surface area contributed by atoms with E-state index in [1.807, 2.05) is 53.1 Å². The van der Waals surface area contributed by atoms with E-state index in [1.165, 1.54) is 6.07 Å². The number of aromatic nitrogens is 1. The van der Waals surface area contributed by atoms with Crippen molar-refractivity contribution in [3.05, 3.63) is 94.6 Å². The Balaban J connectivity index is 2.02. The molecule has 29 heavy (non-hydrogen) atoms. The van der Waals surface area contributed by atoms with Gasteiger partial charge in [0.1, 0.15) is 0 Å². The van der Waals surface area contributed by atoms with E-state index in [2.05, 4.69) is 0 Å². The van der Waals surface area contributed by atoms with E-state index in [4.69, 9.17) is 11.6 Å². The number of benzene rings is 3. The summed E-state index contributed by atoms with van der Waals surface area (Å²) in [6, 6.07) is 20.1. The van der Waals surface area contributed by atoms with Crippen LogP contribution < -0.4 is 0 Å². The Morgan fingerprint density at radius 3 is 2.24 bits per heavy atom. The Hall–Kier alpha value is -2.76. The fourth-order valence-electron chi connectivity index (χ4n) is 3.65. The molecule has 4 rings (SSSR count). The minimum absolute atomic E-state index is 0.315. The lowest BCUT2D eigenvalue weighted by Crippen LogP contribution is -2.06. The Morgan fingerprint density at radius 2 is 1.59 bits per heavy atom. The molecule has 4 aromatic rings. The highest BCUT2D eigenvalue weighted by molar-refractivity contribution is 6.31. The van der Waals surface area contributed by atoms with Gasteiger partial charge in [-0.1, -0.05) is 60.1 Å². The van der Waals surface area contributed by atoms with Crippen molar-refractivity contribution >= 4 is 22.5 Å². The Bertz CT molecular complexity index is 1170. The molecule has 0 radical (unpaired) electrons. The third kappa shape index (κ3) is 3.63. The summed E-state index contributed by atoms with van der Waals surface area (Å²) in [5, 5.41) is 11.2. The highest BCUT2D eigenvalue weighted by Gasteiger charge is 2.31. The van der Waals surface area contributed by atoms with Gasteiger partial charge >= 0.3 is 6.18 Å². The first-order valence-electron chi connectivity index (χ1n) is 9.02. The molecule has 0 saturated heterocycles. The van der Waals surface area contributed by atoms with Gasteiger partial charge in [-0.05, 0) is 35.4 Å². The molecule has 0 fully saturated rings. The van der Waals surface area contributed by atoms with Crippen molar-refractivity contribution in [1.29, 1.82) is 0 Å². The van der Waals surface area contributed by atoms with Crippen molar-refractivity contribution < 1.29 is 18.3 Å². The monoisotopic (exact) mass is 415 g/mol. The molecule has 0 aliphatic rings. The highest BCUT2D eigenvalue weighted by Crippen LogP contribution is 2.39. The lowest BCUT2D eigenvalue weighted by atomic mass is 10.0. The zero-order chi connectivity index (χ0) is 20.6. The zero-order valence-electron chi connectivity index (χ0n) is 15.2. The number of fused-ring (bicyclic) bond motifs is 1. The van der Waals surface area contributed by atoms with Crippen LogP contribution in [0.3, 0.4) is 0 Å². The molecule has 0 aliphatic carbocycles. The molecule has 0 spiro atoms. The summed E-state index contributed by atoms with van der Waals surface area (Å²) < 4.78 is 41.9. The van der Waals surface area contributed by atoms with E-state index in [0.717, 1.165) is 23.3 Å². The maximum absolute atomic E-state index is 13.4. The van der Waals surface area contributed by atoms with Gasteiger partial charge in [-0.25, -0.2) is 0 Å². The van der Waals surface area contributed by atoms with Crippen LogP contribution in [0.1, 0.15) is 16.8 Å². The van der Waals surface area contributed by atoms with Gasteiger partial charge in [0.25, 0.3) is 0 Å². The van der Waals surface area contributed by atoms with E-state index in [0.29, 0.717) is 33.7 Å². The maximum atomic E-state index is 13.4. The third-order valence-corrected chi connectivity index (χ3v) is 5.37. The van der Waals surface area contributed by atoms with Gasteiger partial charge in [0.15, 0.2) is 0 Å². The predicted molar refractivity (Wildman–Crippen MR) is 109 cm³/mol. The van der Waals surface area contributed by atoms with Crippen molar-refractivity contribution in [2.45, 2.75) is 19.3 Å². The van der Waals surface area contributed by atoms with Gasteiger partial charge in [0.2, 0.25) is 0 Å². The van der Waals surface area contributed by atoms with Crippen molar-refractivity contribution in [3.8, 4) is 11.1 Å². The zero-order valence-corrected chi connectivity index (χ0v) is 16.0. The molecule has 1 heterocycles. The van der Waals surface area contributed by atoms with Crippen molar-refractivity contribution in [2.24, 2.45) is 0 Å². The summed E-state index contributed by atoms with van der Waals surface area (Å²) in [6.45, 7) is 0.0228. The largest absolute Gasteiger partial charge is 0.416 e. The number of aliphatic hydroxyl groups excluding tert-OH is 1. The number of nitrogens with zero attached hydrogens (tertiary/aromatic N) is 1. The van der Waals surface area contributed by atoms with Crippen LogP contribution in [0, 0.1) is 0 Å². The first-order valence-corrected chi connectivity index (χ1v) is 9.40. The average Bonchev–Trinajstić information content (AvgIpc) is 3.02. The minimum atomic E-state index is -4.45. The summed E-state index contributed by atoms with van der Waals surface area (Å²) in [4.78, 5) is 0. The Labute approximate surface area is 170 Å². The molecule has 148 valence electrons. The van der Waals surface area contributed by atoms with Gasteiger partial charge in [-0.3, -0.25) is 0 Å². The first-order chi connectivity index (χ1) is 13.9. The van der Waals surface area contributed by atoms with Crippen LogP contribution in [0.25, 0.3) is 22.0 Å². The smallest absolute Gasteiger partial charge is 0.390 e. The van der Waals surface area contributed by atoms with E-state index in [-0.39, 0.29) is 6.61 Å². The minimum Gasteiger partial charge on any atom is -0.390 e. The second-order valence-electron chi connectivity index (χ2n) is 6.75. The molecular formula is C23H17ClF3NO. The normalized spacial score (nSPS) is 11.9. The van der Waals surface area contributed by atoms with E-state index in [9.17, 15) is 18.3 Å².